The van der Waals surface area contributed by atoms with Gasteiger partial charge in [-0.15, -0.1) is 34.2 Å². The molecule has 0 fully saturated rings. The molecule has 0 aliphatic rings. The third kappa shape index (κ3) is 8.45. The standard InChI is InChI=1S/C22H36N6S.HI/c1-7-23-21(27(5)16-19-12-10-18(4)11-13-19)24-14-8-9-20-25-26-22(29-6)28(20)15-17(2)3;/h10-13,17H,7-9,14-16H2,1-6H3,(H,23,24);1H. The summed E-state index contributed by atoms with van der Waals surface area (Å²) in [4.78, 5) is 7.01. The molecule has 0 aliphatic carbocycles. The number of benzene rings is 1. The van der Waals surface area contributed by atoms with Gasteiger partial charge in [-0.3, -0.25) is 4.99 Å². The van der Waals surface area contributed by atoms with E-state index in [1.807, 2.05) is 0 Å². The Morgan fingerprint density at radius 3 is 2.53 bits per heavy atom. The van der Waals surface area contributed by atoms with Crippen molar-refractivity contribution in [2.45, 2.75) is 58.8 Å². The van der Waals surface area contributed by atoms with E-state index in [2.05, 4.69) is 90.2 Å². The third-order valence-electron chi connectivity index (χ3n) is 4.58. The summed E-state index contributed by atoms with van der Waals surface area (Å²) in [5, 5.41) is 13.1. The molecule has 0 atom stereocenters. The van der Waals surface area contributed by atoms with Crippen molar-refractivity contribution in [3.8, 4) is 0 Å². The van der Waals surface area contributed by atoms with Gasteiger partial charge < -0.3 is 14.8 Å². The van der Waals surface area contributed by atoms with Crippen LogP contribution in [0.4, 0.5) is 0 Å². The van der Waals surface area contributed by atoms with Gasteiger partial charge in [-0.1, -0.05) is 55.4 Å². The molecule has 8 heteroatoms. The molecule has 30 heavy (non-hydrogen) atoms. The van der Waals surface area contributed by atoms with E-state index in [1.165, 1.54) is 11.1 Å². The van der Waals surface area contributed by atoms with Gasteiger partial charge in [0.25, 0.3) is 0 Å². The first-order chi connectivity index (χ1) is 13.9. The van der Waals surface area contributed by atoms with Crippen LogP contribution in [0.15, 0.2) is 34.4 Å². The van der Waals surface area contributed by atoms with Crippen LogP contribution in [0, 0.1) is 12.8 Å². The topological polar surface area (TPSA) is 58.3 Å². The zero-order valence-electron chi connectivity index (χ0n) is 19.2. The predicted molar refractivity (Wildman–Crippen MR) is 139 cm³/mol. The van der Waals surface area contributed by atoms with Crippen molar-refractivity contribution in [1.29, 1.82) is 0 Å². The molecular weight excluding hydrogens is 507 g/mol. The van der Waals surface area contributed by atoms with Crippen LogP contribution in [0.1, 0.15) is 44.1 Å². The fourth-order valence-corrected chi connectivity index (χ4v) is 3.66. The van der Waals surface area contributed by atoms with Gasteiger partial charge in [0.2, 0.25) is 0 Å². The van der Waals surface area contributed by atoms with Gasteiger partial charge in [-0.25, -0.2) is 0 Å². The number of hydrogen-bond acceptors (Lipinski definition) is 4. The zero-order valence-corrected chi connectivity index (χ0v) is 22.3. The number of nitrogens with one attached hydrogen (secondary N) is 1. The van der Waals surface area contributed by atoms with E-state index < -0.39 is 0 Å². The fraction of sp³-hybridized carbons (Fsp3) is 0.591. The molecule has 0 amide bonds. The SMILES string of the molecule is CCNC(=NCCCc1nnc(SC)n1CC(C)C)N(C)Cc1ccc(C)cc1.I. The van der Waals surface area contributed by atoms with Crippen LogP contribution in [0.5, 0.6) is 0 Å². The van der Waals surface area contributed by atoms with Gasteiger partial charge in [0, 0.05) is 39.6 Å². The Hall–Kier alpha value is -1.29. The van der Waals surface area contributed by atoms with Crippen LogP contribution >= 0.6 is 35.7 Å². The van der Waals surface area contributed by atoms with Crippen molar-refractivity contribution in [2.24, 2.45) is 10.9 Å². The summed E-state index contributed by atoms with van der Waals surface area (Å²) in [5.41, 5.74) is 2.57. The van der Waals surface area contributed by atoms with Crippen LogP contribution in [-0.2, 0) is 19.5 Å². The number of hydrogen-bond donors (Lipinski definition) is 1. The second-order valence-electron chi connectivity index (χ2n) is 7.79. The van der Waals surface area contributed by atoms with Gasteiger partial charge in [0.15, 0.2) is 11.1 Å². The number of aryl methyl sites for hydroxylation is 2. The number of thioether (sulfide) groups is 1. The van der Waals surface area contributed by atoms with E-state index in [0.717, 1.165) is 56.0 Å². The van der Waals surface area contributed by atoms with Crippen molar-refractivity contribution in [1.82, 2.24) is 25.0 Å². The molecule has 1 N–H and O–H groups in total. The van der Waals surface area contributed by atoms with Gasteiger partial charge in [0.05, 0.1) is 0 Å². The molecule has 0 spiro atoms. The molecule has 6 nitrogen and oxygen atoms in total. The zero-order chi connectivity index (χ0) is 21.2. The van der Waals surface area contributed by atoms with E-state index in [0.29, 0.717) is 5.92 Å². The first-order valence-corrected chi connectivity index (χ1v) is 11.7. The molecule has 0 radical (unpaired) electrons. The van der Waals surface area contributed by atoms with Crippen LogP contribution in [-0.4, -0.2) is 52.0 Å². The second kappa shape index (κ2) is 13.9. The van der Waals surface area contributed by atoms with Crippen molar-refractivity contribution in [3.05, 3.63) is 41.2 Å². The van der Waals surface area contributed by atoms with Crippen molar-refractivity contribution < 1.29 is 0 Å². The lowest BCUT2D eigenvalue weighted by molar-refractivity contribution is 0.472. The van der Waals surface area contributed by atoms with Crippen molar-refractivity contribution >= 4 is 41.7 Å². The molecule has 0 saturated heterocycles. The largest absolute Gasteiger partial charge is 0.357 e. The van der Waals surface area contributed by atoms with E-state index >= 15 is 0 Å². The average Bonchev–Trinajstić information content (AvgIpc) is 3.07. The first kappa shape index (κ1) is 26.7. The minimum absolute atomic E-state index is 0. The number of rotatable bonds is 10. The lowest BCUT2D eigenvalue weighted by atomic mass is 10.1. The fourth-order valence-electron chi connectivity index (χ4n) is 3.14. The highest BCUT2D eigenvalue weighted by molar-refractivity contribution is 14.0. The molecule has 0 aliphatic heterocycles. The highest BCUT2D eigenvalue weighted by Gasteiger charge is 2.12. The maximum absolute atomic E-state index is 4.83. The molecule has 2 rings (SSSR count). The van der Waals surface area contributed by atoms with Crippen LogP contribution < -0.4 is 5.32 Å². The Bertz CT molecular complexity index is 772. The maximum Gasteiger partial charge on any atom is 0.193 e. The Kier molecular flexibility index (Phi) is 12.4. The number of halogens is 1. The molecular formula is C22H37IN6S. The van der Waals surface area contributed by atoms with Crippen LogP contribution in [0.2, 0.25) is 0 Å². The predicted octanol–water partition coefficient (Wildman–Crippen LogP) is 4.61. The molecule has 1 heterocycles. The molecule has 0 saturated carbocycles. The quantitative estimate of drug-likeness (QED) is 0.156. The van der Waals surface area contributed by atoms with E-state index in [4.69, 9.17) is 4.99 Å². The molecule has 1 aromatic heterocycles. The third-order valence-corrected chi connectivity index (χ3v) is 5.25. The van der Waals surface area contributed by atoms with Gasteiger partial charge in [-0.05, 0) is 38.0 Å². The molecule has 168 valence electrons. The van der Waals surface area contributed by atoms with E-state index in [1.54, 1.807) is 11.8 Å². The monoisotopic (exact) mass is 544 g/mol. The maximum atomic E-state index is 4.83. The molecule has 0 bridgehead atoms. The summed E-state index contributed by atoms with van der Waals surface area (Å²) in [6.45, 7) is 12.1. The minimum Gasteiger partial charge on any atom is -0.357 e. The summed E-state index contributed by atoms with van der Waals surface area (Å²) >= 11 is 1.66. The summed E-state index contributed by atoms with van der Waals surface area (Å²) < 4.78 is 2.26. The molecule has 1 aromatic carbocycles. The summed E-state index contributed by atoms with van der Waals surface area (Å²) in [5.74, 6) is 2.59. The van der Waals surface area contributed by atoms with Crippen molar-refractivity contribution in [2.75, 3.05) is 26.4 Å². The number of nitrogens with zero attached hydrogens (tertiary/aromatic N) is 5. The minimum atomic E-state index is 0. The Labute approximate surface area is 203 Å². The van der Waals surface area contributed by atoms with Gasteiger partial charge >= 0.3 is 0 Å². The van der Waals surface area contributed by atoms with Gasteiger partial charge in [0.1, 0.15) is 5.82 Å². The first-order valence-electron chi connectivity index (χ1n) is 10.5. The number of guanidine groups is 1. The second-order valence-corrected chi connectivity index (χ2v) is 8.56. The Morgan fingerprint density at radius 2 is 1.93 bits per heavy atom. The summed E-state index contributed by atoms with van der Waals surface area (Å²) in [6, 6.07) is 8.67. The Morgan fingerprint density at radius 1 is 1.23 bits per heavy atom. The average molecular weight is 545 g/mol. The van der Waals surface area contributed by atoms with Crippen LogP contribution in [0.25, 0.3) is 0 Å². The molecule has 2 aromatic rings. The van der Waals surface area contributed by atoms with E-state index in [9.17, 15) is 0 Å². The van der Waals surface area contributed by atoms with Crippen LogP contribution in [0.3, 0.4) is 0 Å². The lowest BCUT2D eigenvalue weighted by Crippen LogP contribution is -2.38. The lowest BCUT2D eigenvalue weighted by Gasteiger charge is -2.22. The van der Waals surface area contributed by atoms with Crippen molar-refractivity contribution in [3.63, 3.8) is 0 Å². The normalized spacial score (nSPS) is 11.5. The summed E-state index contributed by atoms with van der Waals surface area (Å²) in [6.07, 6.45) is 3.91. The number of aromatic nitrogens is 3. The molecule has 0 unspecified atom stereocenters. The Balaban J connectivity index is 0.00000450. The van der Waals surface area contributed by atoms with E-state index in [-0.39, 0.29) is 24.0 Å². The highest BCUT2D eigenvalue weighted by atomic mass is 127. The number of aliphatic imine (C=N–C) groups is 1. The highest BCUT2D eigenvalue weighted by Crippen LogP contribution is 2.16. The van der Waals surface area contributed by atoms with Gasteiger partial charge in [-0.2, -0.15) is 0 Å². The smallest absolute Gasteiger partial charge is 0.193 e. The summed E-state index contributed by atoms with van der Waals surface area (Å²) in [7, 11) is 2.09.